The van der Waals surface area contributed by atoms with Gasteiger partial charge in [0.1, 0.15) is 5.75 Å². The Morgan fingerprint density at radius 2 is 2.05 bits per heavy atom. The van der Waals surface area contributed by atoms with Crippen molar-refractivity contribution in [3.8, 4) is 17.2 Å². The van der Waals surface area contributed by atoms with Gasteiger partial charge in [0.15, 0.2) is 6.61 Å². The van der Waals surface area contributed by atoms with E-state index >= 15 is 0 Å². The molecule has 6 heteroatoms. The van der Waals surface area contributed by atoms with Crippen LogP contribution in [0.15, 0.2) is 35.1 Å². The Kier molecular flexibility index (Phi) is 4.37. The molecule has 1 saturated heterocycles. The Balaban J connectivity index is 1.52. The third-order valence-corrected chi connectivity index (χ3v) is 3.96. The molecule has 22 heavy (non-hydrogen) atoms. The van der Waals surface area contributed by atoms with Gasteiger partial charge in [0.05, 0.1) is 0 Å². The number of hydrogen-bond donors (Lipinski definition) is 0. The zero-order chi connectivity index (χ0) is 15.4. The summed E-state index contributed by atoms with van der Waals surface area (Å²) < 4.78 is 10.7. The van der Waals surface area contributed by atoms with Crippen molar-refractivity contribution < 1.29 is 13.9 Å². The zero-order valence-electron chi connectivity index (χ0n) is 12.6. The summed E-state index contributed by atoms with van der Waals surface area (Å²) >= 11 is 0. The second kappa shape index (κ2) is 6.60. The summed E-state index contributed by atoms with van der Waals surface area (Å²) in [7, 11) is 0. The van der Waals surface area contributed by atoms with E-state index in [9.17, 15) is 4.79 Å². The van der Waals surface area contributed by atoms with Crippen molar-refractivity contribution in [2.45, 2.75) is 19.8 Å². The van der Waals surface area contributed by atoms with Crippen LogP contribution in [0.1, 0.15) is 19.8 Å². The third kappa shape index (κ3) is 3.44. The number of ether oxygens (including phenoxy) is 1. The Bertz CT molecular complexity index is 602. The SMILES string of the molecule is CC1CCN(C(=O)COc2ccc(-c3nnco3)cc2)CC1. The molecule has 3 rings (SSSR count). The third-order valence-electron chi connectivity index (χ3n) is 3.96. The Morgan fingerprint density at radius 1 is 1.32 bits per heavy atom. The summed E-state index contributed by atoms with van der Waals surface area (Å²) in [5.74, 6) is 1.88. The van der Waals surface area contributed by atoms with Gasteiger partial charge in [-0.05, 0) is 43.0 Å². The average Bonchev–Trinajstić information content (AvgIpc) is 3.08. The van der Waals surface area contributed by atoms with Crippen LogP contribution in [0.4, 0.5) is 0 Å². The van der Waals surface area contributed by atoms with E-state index in [2.05, 4.69) is 17.1 Å². The highest BCUT2D eigenvalue weighted by Gasteiger charge is 2.20. The van der Waals surface area contributed by atoms with Crippen molar-refractivity contribution in [1.82, 2.24) is 15.1 Å². The van der Waals surface area contributed by atoms with E-state index in [1.807, 2.05) is 17.0 Å². The molecule has 0 unspecified atom stereocenters. The van der Waals surface area contributed by atoms with Gasteiger partial charge in [-0.15, -0.1) is 10.2 Å². The molecular formula is C16H19N3O3. The summed E-state index contributed by atoms with van der Waals surface area (Å²) in [4.78, 5) is 14.0. The van der Waals surface area contributed by atoms with E-state index in [4.69, 9.17) is 9.15 Å². The van der Waals surface area contributed by atoms with Gasteiger partial charge in [-0.3, -0.25) is 4.79 Å². The molecule has 0 saturated carbocycles. The van der Waals surface area contributed by atoms with Crippen LogP contribution in [0, 0.1) is 5.92 Å². The molecular weight excluding hydrogens is 282 g/mol. The molecule has 2 heterocycles. The molecule has 6 nitrogen and oxygen atoms in total. The lowest BCUT2D eigenvalue weighted by Crippen LogP contribution is -2.40. The molecule has 0 aliphatic carbocycles. The van der Waals surface area contributed by atoms with E-state index in [0.29, 0.717) is 17.6 Å². The van der Waals surface area contributed by atoms with Gasteiger partial charge < -0.3 is 14.1 Å². The fraction of sp³-hybridized carbons (Fsp3) is 0.438. The minimum atomic E-state index is 0.0490. The number of piperidine rings is 1. The lowest BCUT2D eigenvalue weighted by molar-refractivity contribution is -0.134. The summed E-state index contributed by atoms with van der Waals surface area (Å²) in [6.07, 6.45) is 3.44. The summed E-state index contributed by atoms with van der Waals surface area (Å²) in [6, 6.07) is 7.25. The maximum Gasteiger partial charge on any atom is 0.260 e. The van der Waals surface area contributed by atoms with Crippen LogP contribution in [0.2, 0.25) is 0 Å². The molecule has 2 aromatic rings. The van der Waals surface area contributed by atoms with Crippen LogP contribution in [-0.4, -0.2) is 40.7 Å². The van der Waals surface area contributed by atoms with E-state index in [-0.39, 0.29) is 12.5 Å². The highest BCUT2D eigenvalue weighted by molar-refractivity contribution is 5.77. The van der Waals surface area contributed by atoms with E-state index in [1.54, 1.807) is 12.1 Å². The van der Waals surface area contributed by atoms with E-state index in [0.717, 1.165) is 31.5 Å². The second-order valence-corrected chi connectivity index (χ2v) is 5.62. The number of likely N-dealkylation sites (tertiary alicyclic amines) is 1. The first-order valence-corrected chi connectivity index (χ1v) is 7.49. The van der Waals surface area contributed by atoms with Crippen LogP contribution in [-0.2, 0) is 4.79 Å². The predicted octanol–water partition coefficient (Wildman–Crippen LogP) is 2.37. The highest BCUT2D eigenvalue weighted by Crippen LogP contribution is 2.20. The quantitative estimate of drug-likeness (QED) is 0.867. The molecule has 1 aromatic heterocycles. The fourth-order valence-corrected chi connectivity index (χ4v) is 2.49. The molecule has 0 atom stereocenters. The van der Waals surface area contributed by atoms with Crippen molar-refractivity contribution in [2.75, 3.05) is 19.7 Å². The first-order chi connectivity index (χ1) is 10.7. The minimum absolute atomic E-state index is 0.0490. The first kappa shape index (κ1) is 14.6. The van der Waals surface area contributed by atoms with Crippen LogP contribution in [0.5, 0.6) is 5.75 Å². The molecule has 1 aromatic carbocycles. The van der Waals surface area contributed by atoms with Crippen LogP contribution >= 0.6 is 0 Å². The topological polar surface area (TPSA) is 68.5 Å². The predicted molar refractivity (Wildman–Crippen MR) is 80.2 cm³/mol. The molecule has 1 aliphatic heterocycles. The molecule has 0 radical (unpaired) electrons. The standard InChI is InChI=1S/C16H19N3O3/c1-12-6-8-19(9-7-12)15(20)10-21-14-4-2-13(3-5-14)16-18-17-11-22-16/h2-5,11-12H,6-10H2,1H3. The van der Waals surface area contributed by atoms with Gasteiger partial charge in [0, 0.05) is 18.7 Å². The van der Waals surface area contributed by atoms with Crippen LogP contribution in [0.25, 0.3) is 11.5 Å². The summed E-state index contributed by atoms with van der Waals surface area (Å²) in [6.45, 7) is 3.97. The first-order valence-electron chi connectivity index (χ1n) is 7.49. The Hall–Kier alpha value is -2.37. The normalized spacial score (nSPS) is 15.8. The number of benzene rings is 1. The van der Waals surface area contributed by atoms with Crippen molar-refractivity contribution in [1.29, 1.82) is 0 Å². The number of nitrogens with zero attached hydrogens (tertiary/aromatic N) is 3. The number of rotatable bonds is 4. The Morgan fingerprint density at radius 3 is 2.68 bits per heavy atom. The summed E-state index contributed by atoms with van der Waals surface area (Å²) in [5, 5.41) is 7.48. The minimum Gasteiger partial charge on any atom is -0.484 e. The smallest absolute Gasteiger partial charge is 0.260 e. The molecule has 0 spiro atoms. The van der Waals surface area contributed by atoms with Crippen LogP contribution in [0.3, 0.4) is 0 Å². The molecule has 1 aliphatic rings. The van der Waals surface area contributed by atoms with E-state index < -0.39 is 0 Å². The second-order valence-electron chi connectivity index (χ2n) is 5.62. The fourth-order valence-electron chi connectivity index (χ4n) is 2.49. The lowest BCUT2D eigenvalue weighted by Gasteiger charge is -2.30. The van der Waals surface area contributed by atoms with Gasteiger partial charge in [0.25, 0.3) is 5.91 Å². The number of carbonyl (C=O) groups is 1. The van der Waals surface area contributed by atoms with Gasteiger partial charge in [-0.1, -0.05) is 6.92 Å². The zero-order valence-corrected chi connectivity index (χ0v) is 12.6. The number of amides is 1. The molecule has 1 fully saturated rings. The number of aromatic nitrogens is 2. The van der Waals surface area contributed by atoms with Crippen molar-refractivity contribution in [2.24, 2.45) is 5.92 Å². The highest BCUT2D eigenvalue weighted by atomic mass is 16.5. The molecule has 116 valence electrons. The van der Waals surface area contributed by atoms with Gasteiger partial charge >= 0.3 is 0 Å². The largest absolute Gasteiger partial charge is 0.484 e. The van der Waals surface area contributed by atoms with Gasteiger partial charge in [0.2, 0.25) is 12.3 Å². The van der Waals surface area contributed by atoms with Crippen molar-refractivity contribution in [3.05, 3.63) is 30.7 Å². The van der Waals surface area contributed by atoms with Gasteiger partial charge in [-0.25, -0.2) is 0 Å². The number of hydrogen-bond acceptors (Lipinski definition) is 5. The van der Waals surface area contributed by atoms with Gasteiger partial charge in [-0.2, -0.15) is 0 Å². The average molecular weight is 301 g/mol. The number of carbonyl (C=O) groups excluding carboxylic acids is 1. The van der Waals surface area contributed by atoms with E-state index in [1.165, 1.54) is 6.39 Å². The molecule has 0 bridgehead atoms. The maximum absolute atomic E-state index is 12.1. The molecule has 1 amide bonds. The maximum atomic E-state index is 12.1. The monoisotopic (exact) mass is 301 g/mol. The van der Waals surface area contributed by atoms with Crippen molar-refractivity contribution >= 4 is 5.91 Å². The van der Waals surface area contributed by atoms with Crippen LogP contribution < -0.4 is 4.74 Å². The summed E-state index contributed by atoms with van der Waals surface area (Å²) in [5.41, 5.74) is 0.821. The van der Waals surface area contributed by atoms with Crippen molar-refractivity contribution in [3.63, 3.8) is 0 Å². The Labute approximate surface area is 129 Å². The molecule has 0 N–H and O–H groups in total. The lowest BCUT2D eigenvalue weighted by atomic mass is 9.99.